The standard InChI is InChI=1S/C23H32N2O/c1-24-14-16-25(17-15-24)18-22(23(26)12-5-2-6-13-23)21-11-7-9-19-8-3-4-10-20(19)21/h3-4,7-11,22,26H,2,5-6,12-18H2,1H3. The molecule has 0 radical (unpaired) electrons. The first-order valence-corrected chi connectivity index (χ1v) is 10.3. The Bertz CT molecular complexity index is 725. The molecule has 1 saturated heterocycles. The van der Waals surface area contributed by atoms with Gasteiger partial charge in [-0.25, -0.2) is 0 Å². The van der Waals surface area contributed by atoms with Gasteiger partial charge in [0.1, 0.15) is 0 Å². The van der Waals surface area contributed by atoms with Gasteiger partial charge in [0, 0.05) is 38.6 Å². The van der Waals surface area contributed by atoms with Crippen LogP contribution < -0.4 is 0 Å². The fraction of sp³-hybridized carbons (Fsp3) is 0.565. The lowest BCUT2D eigenvalue weighted by atomic mass is 9.71. The smallest absolute Gasteiger partial charge is 0.0728 e. The first-order valence-electron chi connectivity index (χ1n) is 10.3. The summed E-state index contributed by atoms with van der Waals surface area (Å²) in [6.07, 6.45) is 5.45. The van der Waals surface area contributed by atoms with Crippen LogP contribution in [-0.2, 0) is 0 Å². The SMILES string of the molecule is CN1CCN(CC(c2cccc3ccccc23)C2(O)CCCCC2)CC1. The third-order valence-electron chi connectivity index (χ3n) is 6.60. The Labute approximate surface area is 157 Å². The molecule has 0 amide bonds. The molecule has 0 spiro atoms. The summed E-state index contributed by atoms with van der Waals surface area (Å²) in [5.41, 5.74) is 0.776. The summed E-state index contributed by atoms with van der Waals surface area (Å²) >= 11 is 0. The van der Waals surface area contributed by atoms with Crippen LogP contribution >= 0.6 is 0 Å². The van der Waals surface area contributed by atoms with Gasteiger partial charge in [-0.3, -0.25) is 0 Å². The van der Waals surface area contributed by atoms with E-state index in [1.54, 1.807) is 0 Å². The molecule has 1 unspecified atom stereocenters. The number of hydrogen-bond donors (Lipinski definition) is 1. The van der Waals surface area contributed by atoms with E-state index >= 15 is 0 Å². The van der Waals surface area contributed by atoms with Crippen molar-refractivity contribution in [3.05, 3.63) is 48.0 Å². The Hall–Kier alpha value is -1.42. The average molecular weight is 353 g/mol. The topological polar surface area (TPSA) is 26.7 Å². The van der Waals surface area contributed by atoms with Crippen molar-refractivity contribution in [1.82, 2.24) is 9.80 Å². The first-order chi connectivity index (χ1) is 12.7. The zero-order valence-corrected chi connectivity index (χ0v) is 16.0. The first kappa shape index (κ1) is 18.0. The summed E-state index contributed by atoms with van der Waals surface area (Å²) < 4.78 is 0. The zero-order valence-electron chi connectivity index (χ0n) is 16.0. The molecule has 2 aromatic carbocycles. The van der Waals surface area contributed by atoms with Crippen LogP contribution in [0.2, 0.25) is 0 Å². The van der Waals surface area contributed by atoms with E-state index in [4.69, 9.17) is 0 Å². The molecule has 0 aromatic heterocycles. The molecule has 26 heavy (non-hydrogen) atoms. The van der Waals surface area contributed by atoms with Gasteiger partial charge in [-0.2, -0.15) is 0 Å². The maximum absolute atomic E-state index is 11.7. The highest BCUT2D eigenvalue weighted by Gasteiger charge is 2.40. The van der Waals surface area contributed by atoms with Gasteiger partial charge in [-0.1, -0.05) is 61.7 Å². The fourth-order valence-electron chi connectivity index (χ4n) is 4.91. The fourth-order valence-corrected chi connectivity index (χ4v) is 4.91. The van der Waals surface area contributed by atoms with Crippen molar-refractivity contribution in [3.63, 3.8) is 0 Å². The zero-order chi connectivity index (χ0) is 18.0. The minimum Gasteiger partial charge on any atom is -0.389 e. The lowest BCUT2D eigenvalue weighted by Crippen LogP contribution is -2.50. The van der Waals surface area contributed by atoms with Crippen molar-refractivity contribution in [2.45, 2.75) is 43.6 Å². The van der Waals surface area contributed by atoms with Crippen LogP contribution in [0.1, 0.15) is 43.6 Å². The molecule has 1 heterocycles. The van der Waals surface area contributed by atoms with Gasteiger partial charge >= 0.3 is 0 Å². The second-order valence-corrected chi connectivity index (χ2v) is 8.39. The summed E-state index contributed by atoms with van der Waals surface area (Å²) in [6, 6.07) is 15.3. The van der Waals surface area contributed by atoms with Crippen molar-refractivity contribution in [1.29, 1.82) is 0 Å². The summed E-state index contributed by atoms with van der Waals surface area (Å²) in [4.78, 5) is 4.97. The third-order valence-corrected chi connectivity index (χ3v) is 6.60. The Kier molecular flexibility index (Phi) is 5.30. The van der Waals surface area contributed by atoms with Crippen LogP contribution in [0.25, 0.3) is 10.8 Å². The van der Waals surface area contributed by atoms with E-state index in [1.165, 1.54) is 22.8 Å². The normalized spacial score (nSPS) is 23.2. The van der Waals surface area contributed by atoms with Crippen LogP contribution in [0, 0.1) is 0 Å². The van der Waals surface area contributed by atoms with Crippen LogP contribution in [0.5, 0.6) is 0 Å². The van der Waals surface area contributed by atoms with Gasteiger partial charge in [0.15, 0.2) is 0 Å². The molecule has 1 saturated carbocycles. The Balaban J connectivity index is 1.70. The average Bonchev–Trinajstić information content (AvgIpc) is 2.68. The highest BCUT2D eigenvalue weighted by molar-refractivity contribution is 5.86. The molecule has 2 fully saturated rings. The second-order valence-electron chi connectivity index (χ2n) is 8.39. The molecule has 3 heteroatoms. The largest absolute Gasteiger partial charge is 0.389 e. The molecule has 0 bridgehead atoms. The van der Waals surface area contributed by atoms with Crippen molar-refractivity contribution >= 4 is 10.8 Å². The molecule has 1 aliphatic heterocycles. The van der Waals surface area contributed by atoms with Gasteiger partial charge in [0.2, 0.25) is 0 Å². The van der Waals surface area contributed by atoms with Crippen LogP contribution in [0.4, 0.5) is 0 Å². The monoisotopic (exact) mass is 352 g/mol. The molecule has 1 aliphatic carbocycles. The number of rotatable bonds is 4. The highest BCUT2D eigenvalue weighted by Crippen LogP contribution is 2.42. The van der Waals surface area contributed by atoms with Crippen molar-refractivity contribution in [3.8, 4) is 0 Å². The van der Waals surface area contributed by atoms with Crippen LogP contribution in [0.15, 0.2) is 42.5 Å². The summed E-state index contributed by atoms with van der Waals surface area (Å²) in [6.45, 7) is 5.43. The number of benzene rings is 2. The number of nitrogens with zero attached hydrogens (tertiary/aromatic N) is 2. The highest BCUT2D eigenvalue weighted by atomic mass is 16.3. The lowest BCUT2D eigenvalue weighted by molar-refractivity contribution is -0.0333. The maximum Gasteiger partial charge on any atom is 0.0728 e. The Morgan fingerprint density at radius 1 is 0.923 bits per heavy atom. The molecule has 140 valence electrons. The molecule has 4 rings (SSSR count). The maximum atomic E-state index is 11.7. The molecule has 2 aliphatic rings. The van der Waals surface area contributed by atoms with Gasteiger partial charge in [-0.05, 0) is 36.2 Å². The predicted molar refractivity (Wildman–Crippen MR) is 109 cm³/mol. The van der Waals surface area contributed by atoms with Gasteiger partial charge < -0.3 is 14.9 Å². The molecule has 3 nitrogen and oxygen atoms in total. The molecule has 2 aromatic rings. The van der Waals surface area contributed by atoms with Crippen LogP contribution in [0.3, 0.4) is 0 Å². The number of likely N-dealkylation sites (N-methyl/N-ethyl adjacent to an activating group) is 1. The van der Waals surface area contributed by atoms with E-state index in [2.05, 4.69) is 59.3 Å². The molecular formula is C23H32N2O. The number of fused-ring (bicyclic) bond motifs is 1. The summed E-state index contributed by atoms with van der Waals surface area (Å²) in [5.74, 6) is 0.192. The van der Waals surface area contributed by atoms with E-state index < -0.39 is 5.60 Å². The summed E-state index contributed by atoms with van der Waals surface area (Å²) in [5, 5.41) is 14.3. The van der Waals surface area contributed by atoms with Gasteiger partial charge in [0.05, 0.1) is 5.60 Å². The Morgan fingerprint density at radius 2 is 1.62 bits per heavy atom. The predicted octanol–water partition coefficient (Wildman–Crippen LogP) is 3.87. The third kappa shape index (κ3) is 3.66. The number of hydrogen-bond acceptors (Lipinski definition) is 3. The van der Waals surface area contributed by atoms with Crippen LogP contribution in [-0.4, -0.2) is 60.3 Å². The van der Waals surface area contributed by atoms with E-state index in [0.29, 0.717) is 0 Å². The lowest BCUT2D eigenvalue weighted by Gasteiger charge is -2.43. The Morgan fingerprint density at radius 3 is 2.38 bits per heavy atom. The van der Waals surface area contributed by atoms with Crippen molar-refractivity contribution in [2.24, 2.45) is 0 Å². The number of piperazine rings is 1. The molecular weight excluding hydrogens is 320 g/mol. The van der Waals surface area contributed by atoms with Gasteiger partial charge in [-0.15, -0.1) is 0 Å². The van der Waals surface area contributed by atoms with E-state index in [9.17, 15) is 5.11 Å². The summed E-state index contributed by atoms with van der Waals surface area (Å²) in [7, 11) is 2.20. The molecule has 1 atom stereocenters. The minimum atomic E-state index is -0.564. The van der Waals surface area contributed by atoms with E-state index in [-0.39, 0.29) is 5.92 Å². The molecule has 1 N–H and O–H groups in total. The number of aliphatic hydroxyl groups is 1. The van der Waals surface area contributed by atoms with Gasteiger partial charge in [0.25, 0.3) is 0 Å². The minimum absolute atomic E-state index is 0.192. The second kappa shape index (κ2) is 7.67. The van der Waals surface area contributed by atoms with Crippen molar-refractivity contribution in [2.75, 3.05) is 39.8 Å². The van der Waals surface area contributed by atoms with E-state index in [0.717, 1.165) is 58.4 Å². The van der Waals surface area contributed by atoms with E-state index in [1.807, 2.05) is 0 Å². The quantitative estimate of drug-likeness (QED) is 0.905. The van der Waals surface area contributed by atoms with Crippen molar-refractivity contribution < 1.29 is 5.11 Å².